The first-order chi connectivity index (χ1) is 10.2. The van der Waals surface area contributed by atoms with Crippen LogP contribution in [-0.2, 0) is 6.42 Å². The van der Waals surface area contributed by atoms with E-state index in [2.05, 4.69) is 10.3 Å². The zero-order chi connectivity index (χ0) is 14.8. The van der Waals surface area contributed by atoms with Crippen LogP contribution in [0.25, 0.3) is 10.2 Å². The van der Waals surface area contributed by atoms with E-state index < -0.39 is 11.6 Å². The molecule has 0 aliphatic rings. The molecule has 5 heteroatoms. The standard InChI is InChI=1S/C16H14F2N2S/c1-19-14(11-7-6-10(17)8-12(11)18)9-16-20-13-4-2-3-5-15(13)21-16/h2-8,14,19H,9H2,1H3. The molecule has 2 nitrogen and oxygen atoms in total. The topological polar surface area (TPSA) is 24.9 Å². The summed E-state index contributed by atoms with van der Waals surface area (Å²) in [5.41, 5.74) is 1.41. The molecule has 1 atom stereocenters. The van der Waals surface area contributed by atoms with Crippen molar-refractivity contribution in [3.05, 3.63) is 64.7 Å². The van der Waals surface area contributed by atoms with E-state index in [4.69, 9.17) is 0 Å². The maximum atomic E-state index is 13.9. The predicted molar refractivity (Wildman–Crippen MR) is 81.5 cm³/mol. The molecule has 2 aromatic carbocycles. The highest BCUT2D eigenvalue weighted by Gasteiger charge is 2.17. The molecule has 0 saturated heterocycles. The summed E-state index contributed by atoms with van der Waals surface area (Å²) in [6.07, 6.45) is 0.568. The Hall–Kier alpha value is -1.85. The number of likely N-dealkylation sites (N-methyl/N-ethyl adjacent to an activating group) is 1. The normalized spacial score (nSPS) is 12.7. The molecule has 1 unspecified atom stereocenters. The van der Waals surface area contributed by atoms with Crippen LogP contribution >= 0.6 is 11.3 Å². The summed E-state index contributed by atoms with van der Waals surface area (Å²) in [5, 5.41) is 4.01. The van der Waals surface area contributed by atoms with E-state index >= 15 is 0 Å². The third-order valence-electron chi connectivity index (χ3n) is 3.40. The molecule has 1 heterocycles. The molecular formula is C16H14F2N2S. The van der Waals surface area contributed by atoms with Crippen LogP contribution in [0, 0.1) is 11.6 Å². The number of nitrogens with zero attached hydrogens (tertiary/aromatic N) is 1. The first-order valence-corrected chi connectivity index (χ1v) is 7.45. The number of fused-ring (bicyclic) bond motifs is 1. The Balaban J connectivity index is 1.90. The van der Waals surface area contributed by atoms with Crippen LogP contribution < -0.4 is 5.32 Å². The summed E-state index contributed by atoms with van der Waals surface area (Å²) in [6.45, 7) is 0. The Labute approximate surface area is 125 Å². The number of aromatic nitrogens is 1. The van der Waals surface area contributed by atoms with Crippen molar-refractivity contribution in [3.63, 3.8) is 0 Å². The Kier molecular flexibility index (Phi) is 3.94. The fourth-order valence-corrected chi connectivity index (χ4v) is 3.35. The molecule has 0 bridgehead atoms. The van der Waals surface area contributed by atoms with Gasteiger partial charge in [0.05, 0.1) is 15.2 Å². The molecule has 0 radical (unpaired) electrons. The van der Waals surface area contributed by atoms with Crippen LogP contribution in [0.4, 0.5) is 8.78 Å². The van der Waals surface area contributed by atoms with Gasteiger partial charge in [0.25, 0.3) is 0 Å². The molecule has 3 aromatic rings. The van der Waals surface area contributed by atoms with Gasteiger partial charge >= 0.3 is 0 Å². The lowest BCUT2D eigenvalue weighted by atomic mass is 10.0. The van der Waals surface area contributed by atoms with Gasteiger partial charge in [-0.3, -0.25) is 0 Å². The third kappa shape index (κ3) is 2.94. The van der Waals surface area contributed by atoms with Crippen molar-refractivity contribution in [2.45, 2.75) is 12.5 Å². The minimum absolute atomic E-state index is 0.230. The summed E-state index contributed by atoms with van der Waals surface area (Å²) in [5.74, 6) is -1.10. The second kappa shape index (κ2) is 5.87. The number of hydrogen-bond acceptors (Lipinski definition) is 3. The number of thiazole rings is 1. The van der Waals surface area contributed by atoms with Gasteiger partial charge in [-0.25, -0.2) is 13.8 Å². The third-order valence-corrected chi connectivity index (χ3v) is 4.46. The minimum atomic E-state index is -0.564. The van der Waals surface area contributed by atoms with Gasteiger partial charge in [0.15, 0.2) is 0 Å². The van der Waals surface area contributed by atoms with Crippen LogP contribution in [0.15, 0.2) is 42.5 Å². The van der Waals surface area contributed by atoms with Gasteiger partial charge in [-0.15, -0.1) is 11.3 Å². The van der Waals surface area contributed by atoms with E-state index in [0.29, 0.717) is 12.0 Å². The van der Waals surface area contributed by atoms with Gasteiger partial charge in [-0.2, -0.15) is 0 Å². The molecule has 1 N–H and O–H groups in total. The molecular weight excluding hydrogens is 290 g/mol. The molecule has 0 fully saturated rings. The van der Waals surface area contributed by atoms with Gasteiger partial charge in [0, 0.05) is 24.1 Å². The highest BCUT2D eigenvalue weighted by atomic mass is 32.1. The molecule has 108 valence electrons. The molecule has 0 spiro atoms. The number of para-hydroxylation sites is 1. The molecule has 0 aliphatic carbocycles. The van der Waals surface area contributed by atoms with Gasteiger partial charge in [0.1, 0.15) is 11.6 Å². The zero-order valence-corrected chi connectivity index (χ0v) is 12.3. The lowest BCUT2D eigenvalue weighted by Gasteiger charge is -2.16. The van der Waals surface area contributed by atoms with Crippen molar-refractivity contribution >= 4 is 21.6 Å². The van der Waals surface area contributed by atoms with E-state index in [0.717, 1.165) is 21.3 Å². The van der Waals surface area contributed by atoms with Crippen molar-refractivity contribution in [2.75, 3.05) is 7.05 Å². The lowest BCUT2D eigenvalue weighted by molar-refractivity contribution is 0.521. The molecule has 21 heavy (non-hydrogen) atoms. The molecule has 1 aromatic heterocycles. The average Bonchev–Trinajstić information content (AvgIpc) is 2.87. The predicted octanol–water partition coefficient (Wildman–Crippen LogP) is 4.08. The van der Waals surface area contributed by atoms with Crippen molar-refractivity contribution in [1.82, 2.24) is 10.3 Å². The monoisotopic (exact) mass is 304 g/mol. The molecule has 0 saturated carbocycles. The van der Waals surface area contributed by atoms with Crippen LogP contribution in [0.3, 0.4) is 0 Å². The van der Waals surface area contributed by atoms with Gasteiger partial charge < -0.3 is 5.32 Å². The summed E-state index contributed by atoms with van der Waals surface area (Å²) < 4.78 is 28.0. The summed E-state index contributed by atoms with van der Waals surface area (Å²) >= 11 is 1.60. The first kappa shape index (κ1) is 14.1. The van der Waals surface area contributed by atoms with Crippen LogP contribution in [0.5, 0.6) is 0 Å². The molecule has 3 rings (SSSR count). The number of hydrogen-bond donors (Lipinski definition) is 1. The van der Waals surface area contributed by atoms with Crippen molar-refractivity contribution < 1.29 is 8.78 Å². The first-order valence-electron chi connectivity index (χ1n) is 6.64. The zero-order valence-electron chi connectivity index (χ0n) is 11.4. The highest BCUT2D eigenvalue weighted by Crippen LogP contribution is 2.27. The Morgan fingerprint density at radius 1 is 1.19 bits per heavy atom. The van der Waals surface area contributed by atoms with E-state index in [1.165, 1.54) is 12.1 Å². The second-order valence-corrected chi connectivity index (χ2v) is 5.90. The van der Waals surface area contributed by atoms with Crippen molar-refractivity contribution in [1.29, 1.82) is 0 Å². The Morgan fingerprint density at radius 2 is 2.00 bits per heavy atom. The van der Waals surface area contributed by atoms with Crippen LogP contribution in [0.1, 0.15) is 16.6 Å². The average molecular weight is 304 g/mol. The summed E-state index contributed by atoms with van der Waals surface area (Å²) in [4.78, 5) is 4.56. The smallest absolute Gasteiger partial charge is 0.130 e. The maximum Gasteiger partial charge on any atom is 0.130 e. The number of halogens is 2. The fourth-order valence-electron chi connectivity index (χ4n) is 2.33. The van der Waals surface area contributed by atoms with Gasteiger partial charge in [-0.05, 0) is 25.2 Å². The summed E-state index contributed by atoms with van der Waals surface area (Å²) in [7, 11) is 1.76. The largest absolute Gasteiger partial charge is 0.313 e. The van der Waals surface area contributed by atoms with E-state index in [9.17, 15) is 8.78 Å². The van der Waals surface area contributed by atoms with E-state index in [-0.39, 0.29) is 6.04 Å². The number of benzene rings is 2. The summed E-state index contributed by atoms with van der Waals surface area (Å²) in [6, 6.07) is 11.3. The lowest BCUT2D eigenvalue weighted by Crippen LogP contribution is -2.20. The van der Waals surface area contributed by atoms with Gasteiger partial charge in [0.2, 0.25) is 0 Å². The van der Waals surface area contributed by atoms with E-state index in [1.54, 1.807) is 18.4 Å². The molecule has 0 aliphatic heterocycles. The van der Waals surface area contributed by atoms with E-state index in [1.807, 2.05) is 24.3 Å². The van der Waals surface area contributed by atoms with Crippen molar-refractivity contribution in [3.8, 4) is 0 Å². The fraction of sp³-hybridized carbons (Fsp3) is 0.188. The minimum Gasteiger partial charge on any atom is -0.313 e. The highest BCUT2D eigenvalue weighted by molar-refractivity contribution is 7.18. The Bertz CT molecular complexity index is 737. The van der Waals surface area contributed by atoms with Crippen molar-refractivity contribution in [2.24, 2.45) is 0 Å². The number of nitrogens with one attached hydrogen (secondary N) is 1. The maximum absolute atomic E-state index is 13.9. The molecule has 0 amide bonds. The van der Waals surface area contributed by atoms with Crippen LogP contribution in [0.2, 0.25) is 0 Å². The SMILES string of the molecule is CNC(Cc1nc2ccccc2s1)c1ccc(F)cc1F. The number of rotatable bonds is 4. The second-order valence-electron chi connectivity index (χ2n) is 4.79. The quantitative estimate of drug-likeness (QED) is 0.785. The van der Waals surface area contributed by atoms with Gasteiger partial charge in [-0.1, -0.05) is 18.2 Å². The Morgan fingerprint density at radius 3 is 2.71 bits per heavy atom. The van der Waals surface area contributed by atoms with Crippen LogP contribution in [-0.4, -0.2) is 12.0 Å².